The number of hydrogen-bond acceptors (Lipinski definition) is 2. The zero-order valence-electron chi connectivity index (χ0n) is 10.9. The number of urea groups is 1. The molecule has 0 saturated heterocycles. The van der Waals surface area contributed by atoms with Crippen LogP contribution < -0.4 is 10.6 Å². The average molecular weight is 268 g/mol. The summed E-state index contributed by atoms with van der Waals surface area (Å²) in [5, 5.41) is 13.5. The molecule has 1 rings (SSSR count). The van der Waals surface area contributed by atoms with E-state index in [4.69, 9.17) is 5.11 Å². The highest BCUT2D eigenvalue weighted by Gasteiger charge is 2.19. The average Bonchev–Trinajstić information content (AvgIpc) is 2.33. The van der Waals surface area contributed by atoms with Crippen molar-refractivity contribution in [1.29, 1.82) is 0 Å². The fourth-order valence-electron chi connectivity index (χ4n) is 1.64. The highest BCUT2D eigenvalue weighted by atomic mass is 19.1. The predicted octanol–water partition coefficient (Wildman–Crippen LogP) is 2.51. The van der Waals surface area contributed by atoms with E-state index in [1.165, 1.54) is 12.1 Å². The van der Waals surface area contributed by atoms with Crippen molar-refractivity contribution in [3.05, 3.63) is 29.6 Å². The van der Waals surface area contributed by atoms with Crippen molar-refractivity contribution in [2.75, 3.05) is 5.32 Å². The third-order valence-electron chi connectivity index (χ3n) is 2.64. The van der Waals surface area contributed by atoms with E-state index in [2.05, 4.69) is 10.6 Å². The van der Waals surface area contributed by atoms with Gasteiger partial charge in [0.05, 0.1) is 5.69 Å². The Kier molecular flexibility index (Phi) is 5.29. The van der Waals surface area contributed by atoms with E-state index in [-0.39, 0.29) is 5.69 Å². The first-order valence-corrected chi connectivity index (χ1v) is 6.01. The first-order valence-electron chi connectivity index (χ1n) is 6.01. The Morgan fingerprint density at radius 2 is 2.11 bits per heavy atom. The molecule has 1 atom stereocenters. The molecule has 0 unspecified atom stereocenters. The third kappa shape index (κ3) is 4.24. The fraction of sp³-hybridized carbons (Fsp3) is 0.385. The van der Waals surface area contributed by atoms with Gasteiger partial charge in [0.1, 0.15) is 11.9 Å². The molecule has 0 saturated carbocycles. The third-order valence-corrected chi connectivity index (χ3v) is 2.64. The van der Waals surface area contributed by atoms with Crippen LogP contribution in [0.1, 0.15) is 25.3 Å². The highest BCUT2D eigenvalue weighted by molar-refractivity contribution is 5.92. The van der Waals surface area contributed by atoms with Gasteiger partial charge in [-0.15, -0.1) is 0 Å². The molecule has 0 radical (unpaired) electrons. The summed E-state index contributed by atoms with van der Waals surface area (Å²) in [6.45, 7) is 3.47. The number of para-hydroxylation sites is 1. The number of carboxylic acid groups (broad SMARTS) is 1. The Hall–Kier alpha value is -2.11. The molecule has 0 bridgehead atoms. The Morgan fingerprint density at radius 3 is 2.63 bits per heavy atom. The Balaban J connectivity index is 2.72. The first-order chi connectivity index (χ1) is 8.95. The zero-order valence-corrected chi connectivity index (χ0v) is 10.9. The number of nitrogens with one attached hydrogen (secondary N) is 2. The smallest absolute Gasteiger partial charge is 0.326 e. The zero-order chi connectivity index (χ0) is 14.4. The molecule has 2 amide bonds. The molecule has 0 aliphatic rings. The van der Waals surface area contributed by atoms with Gasteiger partial charge in [-0.2, -0.15) is 0 Å². The molecule has 1 aromatic carbocycles. The molecule has 6 heteroatoms. The largest absolute Gasteiger partial charge is 0.480 e. The van der Waals surface area contributed by atoms with E-state index >= 15 is 0 Å². The molecular formula is C13H17FN2O3. The van der Waals surface area contributed by atoms with Crippen LogP contribution in [0.2, 0.25) is 0 Å². The Morgan fingerprint density at radius 1 is 1.42 bits per heavy atom. The van der Waals surface area contributed by atoms with Crippen molar-refractivity contribution >= 4 is 17.7 Å². The van der Waals surface area contributed by atoms with Crippen LogP contribution in [0, 0.1) is 12.7 Å². The summed E-state index contributed by atoms with van der Waals surface area (Å²) >= 11 is 0. The second-order valence-corrected chi connectivity index (χ2v) is 4.21. The molecule has 0 aliphatic carbocycles. The number of carbonyl (C=O) groups is 2. The van der Waals surface area contributed by atoms with E-state index in [0.29, 0.717) is 18.4 Å². The van der Waals surface area contributed by atoms with Crippen LogP contribution in [-0.2, 0) is 4.79 Å². The van der Waals surface area contributed by atoms with Crippen LogP contribution in [0.4, 0.5) is 14.9 Å². The number of carboxylic acids is 1. The SMILES string of the molecule is CCC[C@H](NC(=O)Nc1c(C)cccc1F)C(=O)O. The number of hydrogen-bond donors (Lipinski definition) is 3. The minimum absolute atomic E-state index is 0.0561. The Bertz CT molecular complexity index is 457. The second kappa shape index (κ2) is 6.72. The molecule has 0 heterocycles. The van der Waals surface area contributed by atoms with Crippen LogP contribution >= 0.6 is 0 Å². The van der Waals surface area contributed by atoms with Crippen LogP contribution in [0.25, 0.3) is 0 Å². The lowest BCUT2D eigenvalue weighted by atomic mass is 10.1. The summed E-state index contributed by atoms with van der Waals surface area (Å²) in [5.41, 5.74) is 0.623. The summed E-state index contributed by atoms with van der Waals surface area (Å²) in [6.07, 6.45) is 0.939. The van der Waals surface area contributed by atoms with Gasteiger partial charge in [0.15, 0.2) is 0 Å². The molecule has 19 heavy (non-hydrogen) atoms. The van der Waals surface area contributed by atoms with E-state index in [9.17, 15) is 14.0 Å². The molecule has 0 aromatic heterocycles. The summed E-state index contributed by atoms with van der Waals surface area (Å²) in [7, 11) is 0. The quantitative estimate of drug-likeness (QED) is 0.767. The van der Waals surface area contributed by atoms with Gasteiger partial charge < -0.3 is 15.7 Å². The molecular weight excluding hydrogens is 251 g/mol. The van der Waals surface area contributed by atoms with Crippen molar-refractivity contribution in [3.63, 3.8) is 0 Å². The van der Waals surface area contributed by atoms with Gasteiger partial charge in [-0.1, -0.05) is 25.5 Å². The monoisotopic (exact) mass is 268 g/mol. The molecule has 3 N–H and O–H groups in total. The number of amides is 2. The number of benzene rings is 1. The summed E-state index contributed by atoms with van der Waals surface area (Å²) < 4.78 is 13.5. The number of aliphatic carboxylic acids is 1. The Labute approximate surface area is 110 Å². The number of rotatable bonds is 5. The van der Waals surface area contributed by atoms with Gasteiger partial charge in [-0.3, -0.25) is 0 Å². The molecule has 1 aromatic rings. The fourth-order valence-corrected chi connectivity index (χ4v) is 1.64. The summed E-state index contributed by atoms with van der Waals surface area (Å²) in [6, 6.07) is 2.71. The van der Waals surface area contributed by atoms with Gasteiger partial charge >= 0.3 is 12.0 Å². The van der Waals surface area contributed by atoms with Crippen LogP contribution in [-0.4, -0.2) is 23.1 Å². The van der Waals surface area contributed by atoms with E-state index < -0.39 is 23.9 Å². The molecule has 0 spiro atoms. The van der Waals surface area contributed by atoms with Gasteiger partial charge in [-0.05, 0) is 25.0 Å². The lowest BCUT2D eigenvalue weighted by molar-refractivity contribution is -0.139. The standard InChI is InChI=1S/C13H17FN2O3/c1-3-5-10(12(17)18)15-13(19)16-11-8(2)6-4-7-9(11)14/h4,6-7,10H,3,5H2,1-2H3,(H,17,18)(H2,15,16,19)/t10-/m0/s1. The van der Waals surface area contributed by atoms with Crippen LogP contribution in [0.15, 0.2) is 18.2 Å². The highest BCUT2D eigenvalue weighted by Crippen LogP contribution is 2.18. The van der Waals surface area contributed by atoms with Gasteiger partial charge in [0.2, 0.25) is 0 Å². The maximum absolute atomic E-state index is 13.5. The van der Waals surface area contributed by atoms with E-state index in [1.54, 1.807) is 13.0 Å². The molecule has 0 aliphatic heterocycles. The number of halogens is 1. The number of aryl methyl sites for hydroxylation is 1. The maximum atomic E-state index is 13.5. The lowest BCUT2D eigenvalue weighted by Crippen LogP contribution is -2.43. The van der Waals surface area contributed by atoms with Gasteiger partial charge in [-0.25, -0.2) is 14.0 Å². The van der Waals surface area contributed by atoms with Crippen molar-refractivity contribution < 1.29 is 19.1 Å². The predicted molar refractivity (Wildman–Crippen MR) is 69.6 cm³/mol. The summed E-state index contributed by atoms with van der Waals surface area (Å²) in [4.78, 5) is 22.5. The van der Waals surface area contributed by atoms with Crippen molar-refractivity contribution in [1.82, 2.24) is 5.32 Å². The van der Waals surface area contributed by atoms with Crippen molar-refractivity contribution in [3.8, 4) is 0 Å². The lowest BCUT2D eigenvalue weighted by Gasteiger charge is -2.15. The van der Waals surface area contributed by atoms with Crippen molar-refractivity contribution in [2.45, 2.75) is 32.7 Å². The minimum Gasteiger partial charge on any atom is -0.480 e. The van der Waals surface area contributed by atoms with E-state index in [1.807, 2.05) is 6.92 Å². The molecule has 0 fully saturated rings. The molecule has 5 nitrogen and oxygen atoms in total. The van der Waals surface area contributed by atoms with Crippen LogP contribution in [0.3, 0.4) is 0 Å². The van der Waals surface area contributed by atoms with Gasteiger partial charge in [0, 0.05) is 0 Å². The maximum Gasteiger partial charge on any atom is 0.326 e. The normalized spacial score (nSPS) is 11.7. The number of anilines is 1. The van der Waals surface area contributed by atoms with Crippen LogP contribution in [0.5, 0.6) is 0 Å². The first kappa shape index (κ1) is 14.9. The topological polar surface area (TPSA) is 78.4 Å². The van der Waals surface area contributed by atoms with Crippen molar-refractivity contribution in [2.24, 2.45) is 0 Å². The second-order valence-electron chi connectivity index (χ2n) is 4.21. The minimum atomic E-state index is -1.11. The summed E-state index contributed by atoms with van der Waals surface area (Å²) in [5.74, 6) is -1.67. The number of carbonyl (C=O) groups excluding carboxylic acids is 1. The van der Waals surface area contributed by atoms with Gasteiger partial charge in [0.25, 0.3) is 0 Å². The molecule has 104 valence electrons. The van der Waals surface area contributed by atoms with E-state index in [0.717, 1.165) is 0 Å².